The first-order chi connectivity index (χ1) is 16.7. The van der Waals surface area contributed by atoms with Crippen molar-refractivity contribution in [1.82, 2.24) is 15.3 Å². The number of aromatic amines is 1. The Morgan fingerprint density at radius 3 is 2.56 bits per heavy atom. The highest BCUT2D eigenvalue weighted by molar-refractivity contribution is 6.23. The number of nitrogens with one attached hydrogen (secondary N) is 2. The van der Waals surface area contributed by atoms with Gasteiger partial charge in [0.2, 0.25) is 0 Å². The minimum absolute atomic E-state index is 0.251. The van der Waals surface area contributed by atoms with Crippen molar-refractivity contribution in [3.63, 3.8) is 0 Å². The maximum absolute atomic E-state index is 13.1. The molecule has 0 unspecified atom stereocenters. The Balaban J connectivity index is 1.67. The van der Waals surface area contributed by atoms with Gasteiger partial charge in [-0.2, -0.15) is 0 Å². The van der Waals surface area contributed by atoms with Crippen molar-refractivity contribution in [2.45, 2.75) is 6.61 Å². The highest BCUT2D eigenvalue weighted by Crippen LogP contribution is 2.30. The van der Waals surface area contributed by atoms with Crippen molar-refractivity contribution in [2.24, 2.45) is 0 Å². The zero-order valence-electron chi connectivity index (χ0n) is 19.2. The Hall–Kier alpha value is -4.10. The second-order valence-electron chi connectivity index (χ2n) is 7.59. The van der Waals surface area contributed by atoms with Crippen molar-refractivity contribution in [3.05, 3.63) is 89.7 Å². The fourth-order valence-corrected chi connectivity index (χ4v) is 3.48. The van der Waals surface area contributed by atoms with Gasteiger partial charge in [0.05, 0.1) is 30.3 Å². The fraction of sp³-hybridized carbons (Fsp3) is 0.185. The van der Waals surface area contributed by atoms with E-state index >= 15 is 0 Å². The number of imidazole rings is 1. The summed E-state index contributed by atoms with van der Waals surface area (Å²) in [7, 11) is 3.19. The van der Waals surface area contributed by atoms with E-state index in [1.807, 2.05) is 72.8 Å². The number of hydrogen-bond donors (Lipinski definition) is 2. The second-order valence-corrected chi connectivity index (χ2v) is 7.59. The van der Waals surface area contributed by atoms with Gasteiger partial charge >= 0.3 is 0 Å². The lowest BCUT2D eigenvalue weighted by molar-refractivity contribution is -0.115. The summed E-state index contributed by atoms with van der Waals surface area (Å²) in [6.45, 7) is 1.21. The highest BCUT2D eigenvalue weighted by atomic mass is 16.5. The van der Waals surface area contributed by atoms with E-state index in [1.165, 1.54) is 0 Å². The zero-order valence-corrected chi connectivity index (χ0v) is 19.2. The zero-order chi connectivity index (χ0) is 23.8. The molecule has 1 amide bonds. The molecule has 3 aromatic carbocycles. The molecule has 0 aliphatic rings. The minimum atomic E-state index is -0.251. The smallest absolute Gasteiger partial charge is 0.255 e. The van der Waals surface area contributed by atoms with Crippen LogP contribution in [0.5, 0.6) is 11.5 Å². The number of hydrogen-bond acceptors (Lipinski definition) is 5. The number of carbonyl (C=O) groups excluding carboxylic acids is 1. The van der Waals surface area contributed by atoms with Crippen LogP contribution in [0.4, 0.5) is 0 Å². The topological polar surface area (TPSA) is 85.5 Å². The molecule has 1 heterocycles. The summed E-state index contributed by atoms with van der Waals surface area (Å²) in [5, 5.41) is 2.88. The third-order valence-corrected chi connectivity index (χ3v) is 5.22. The van der Waals surface area contributed by atoms with E-state index in [0.717, 1.165) is 22.2 Å². The van der Waals surface area contributed by atoms with E-state index in [9.17, 15) is 4.79 Å². The summed E-state index contributed by atoms with van der Waals surface area (Å²) in [5.74, 6) is 1.43. The maximum atomic E-state index is 13.1. The monoisotopic (exact) mass is 457 g/mol. The van der Waals surface area contributed by atoms with E-state index in [2.05, 4.69) is 15.3 Å². The van der Waals surface area contributed by atoms with Crippen LogP contribution in [0, 0.1) is 0 Å². The highest BCUT2D eigenvalue weighted by Gasteiger charge is 2.17. The number of benzene rings is 3. The molecule has 0 saturated heterocycles. The van der Waals surface area contributed by atoms with Crippen LogP contribution in [-0.2, 0) is 16.1 Å². The molecule has 7 heteroatoms. The van der Waals surface area contributed by atoms with Crippen LogP contribution >= 0.6 is 0 Å². The maximum Gasteiger partial charge on any atom is 0.255 e. The van der Waals surface area contributed by atoms with Gasteiger partial charge < -0.3 is 24.5 Å². The predicted octanol–water partition coefficient (Wildman–Crippen LogP) is 4.45. The molecule has 0 aliphatic heterocycles. The lowest BCUT2D eigenvalue weighted by Gasteiger charge is -2.12. The Bertz CT molecular complexity index is 1250. The first-order valence-corrected chi connectivity index (χ1v) is 11.0. The van der Waals surface area contributed by atoms with Gasteiger partial charge in [-0.15, -0.1) is 0 Å². The van der Waals surface area contributed by atoms with Crippen LogP contribution in [-0.4, -0.2) is 43.2 Å². The lowest BCUT2D eigenvalue weighted by Crippen LogP contribution is -2.28. The van der Waals surface area contributed by atoms with Crippen LogP contribution < -0.4 is 14.8 Å². The number of methoxy groups -OCH3 is 2. The number of nitrogens with zero attached hydrogens (tertiary/aromatic N) is 1. The molecule has 0 saturated carbocycles. The van der Waals surface area contributed by atoms with Gasteiger partial charge in [-0.3, -0.25) is 4.79 Å². The number of amides is 1. The summed E-state index contributed by atoms with van der Waals surface area (Å²) in [5.41, 5.74) is 3.88. The number of fused-ring (bicyclic) bond motifs is 1. The summed E-state index contributed by atoms with van der Waals surface area (Å²) in [6.07, 6.45) is 1.79. The Morgan fingerprint density at radius 2 is 1.79 bits per heavy atom. The number of ether oxygens (including phenoxy) is 3. The average Bonchev–Trinajstić information content (AvgIpc) is 3.30. The van der Waals surface area contributed by atoms with Crippen LogP contribution in [0.3, 0.4) is 0 Å². The minimum Gasteiger partial charge on any atom is -0.493 e. The van der Waals surface area contributed by atoms with E-state index in [0.29, 0.717) is 42.7 Å². The predicted molar refractivity (Wildman–Crippen MR) is 133 cm³/mol. The van der Waals surface area contributed by atoms with Crippen molar-refractivity contribution < 1.29 is 19.0 Å². The summed E-state index contributed by atoms with van der Waals surface area (Å²) in [6, 6.07) is 23.1. The fourth-order valence-electron chi connectivity index (χ4n) is 3.48. The second kappa shape index (κ2) is 11.2. The van der Waals surface area contributed by atoms with Gasteiger partial charge in [0.15, 0.2) is 11.5 Å². The molecule has 0 radical (unpaired) electrons. The molecule has 4 aromatic rings. The first kappa shape index (κ1) is 23.1. The SMILES string of the molecule is COCCNC(=O)C(=Cc1ccc(OC)c(OCc2ccccc2)c1)c1nc2ccccc2[nH]1. The van der Waals surface area contributed by atoms with E-state index in [1.54, 1.807) is 20.3 Å². The quantitative estimate of drug-likeness (QED) is 0.271. The number of aromatic nitrogens is 2. The molecule has 0 aliphatic carbocycles. The molecule has 0 atom stereocenters. The van der Waals surface area contributed by atoms with Gasteiger partial charge in [-0.05, 0) is 41.5 Å². The molecule has 34 heavy (non-hydrogen) atoms. The van der Waals surface area contributed by atoms with Crippen LogP contribution in [0.2, 0.25) is 0 Å². The molecule has 1 aromatic heterocycles. The van der Waals surface area contributed by atoms with Gasteiger partial charge in [-0.1, -0.05) is 48.5 Å². The van der Waals surface area contributed by atoms with Crippen LogP contribution in [0.1, 0.15) is 17.0 Å². The van der Waals surface area contributed by atoms with E-state index < -0.39 is 0 Å². The molecule has 0 fully saturated rings. The van der Waals surface area contributed by atoms with Gasteiger partial charge in [0.1, 0.15) is 12.4 Å². The average molecular weight is 458 g/mol. The lowest BCUT2D eigenvalue weighted by atomic mass is 10.1. The standard InChI is InChI=1S/C27H27N3O4/c1-32-15-14-28-27(31)21(26-29-22-10-6-7-11-23(22)30-26)16-20-12-13-24(33-2)25(17-20)34-18-19-8-4-3-5-9-19/h3-13,16-17H,14-15,18H2,1-2H3,(H,28,31)(H,29,30). The van der Waals surface area contributed by atoms with Crippen LogP contribution in [0.25, 0.3) is 22.7 Å². The molecule has 2 N–H and O–H groups in total. The van der Waals surface area contributed by atoms with Crippen molar-refractivity contribution in [3.8, 4) is 11.5 Å². The molecule has 174 valence electrons. The molecule has 4 rings (SSSR count). The van der Waals surface area contributed by atoms with Gasteiger partial charge in [0.25, 0.3) is 5.91 Å². The molecular formula is C27H27N3O4. The van der Waals surface area contributed by atoms with Gasteiger partial charge in [0, 0.05) is 13.7 Å². The summed E-state index contributed by atoms with van der Waals surface area (Å²) in [4.78, 5) is 20.9. The number of para-hydroxylation sites is 2. The van der Waals surface area contributed by atoms with E-state index in [-0.39, 0.29) is 5.91 Å². The van der Waals surface area contributed by atoms with Gasteiger partial charge in [-0.25, -0.2) is 4.98 Å². The van der Waals surface area contributed by atoms with E-state index in [4.69, 9.17) is 14.2 Å². The number of rotatable bonds is 10. The molecule has 0 spiro atoms. The Kier molecular flexibility index (Phi) is 7.57. The summed E-state index contributed by atoms with van der Waals surface area (Å²) < 4.78 is 16.6. The normalized spacial score (nSPS) is 11.4. The summed E-state index contributed by atoms with van der Waals surface area (Å²) >= 11 is 0. The largest absolute Gasteiger partial charge is 0.493 e. The number of carbonyl (C=O) groups is 1. The number of H-pyrrole nitrogens is 1. The first-order valence-electron chi connectivity index (χ1n) is 11.0. The molecule has 7 nitrogen and oxygen atoms in total. The molecule has 0 bridgehead atoms. The molecular weight excluding hydrogens is 430 g/mol. The Labute approximate surface area is 198 Å². The van der Waals surface area contributed by atoms with Crippen molar-refractivity contribution in [2.75, 3.05) is 27.4 Å². The third-order valence-electron chi connectivity index (χ3n) is 5.22. The Morgan fingerprint density at radius 1 is 1.00 bits per heavy atom. The van der Waals surface area contributed by atoms with Crippen LogP contribution in [0.15, 0.2) is 72.8 Å². The van der Waals surface area contributed by atoms with Crippen molar-refractivity contribution >= 4 is 28.6 Å². The third kappa shape index (κ3) is 5.63. The van der Waals surface area contributed by atoms with Crippen molar-refractivity contribution in [1.29, 1.82) is 0 Å².